The molecule has 0 unspecified atom stereocenters. The molecule has 14 heavy (non-hydrogen) atoms. The normalized spacial score (nSPS) is 10.6. The van der Waals surface area contributed by atoms with E-state index < -0.39 is 27.8 Å². The Labute approximate surface area is 95.4 Å². The predicted octanol–water partition coefficient (Wildman–Crippen LogP) is -3.36. The Morgan fingerprint density at radius 1 is 0.857 bits per heavy atom. The quantitative estimate of drug-likeness (QED) is 0.380. The van der Waals surface area contributed by atoms with E-state index in [2.05, 4.69) is 0 Å². The molecule has 12 heteroatoms. The van der Waals surface area contributed by atoms with Crippen molar-refractivity contribution in [1.82, 2.24) is 17.6 Å². The number of hydrogen-bond acceptors (Lipinski definition) is 9. The largest absolute Gasteiger partial charge is 2.00 e. The van der Waals surface area contributed by atoms with E-state index in [0.717, 1.165) is 0 Å². The first kappa shape index (κ1) is 24.2. The van der Waals surface area contributed by atoms with Crippen molar-refractivity contribution in [1.29, 1.82) is 0 Å². The molecule has 0 aliphatic heterocycles. The summed E-state index contributed by atoms with van der Waals surface area (Å²) in [6.07, 6.45) is -2.05. The molecule has 0 radical (unpaired) electrons. The average Bonchev–Trinajstić information content (AvgIpc) is 1.55. The van der Waals surface area contributed by atoms with Crippen LogP contribution in [-0.2, 0) is 30.2 Å². The van der Waals surface area contributed by atoms with Gasteiger partial charge in [0.15, 0.2) is 0 Å². The second kappa shape index (κ2) is 9.12. The molecule has 0 heterocycles. The van der Waals surface area contributed by atoms with Crippen LogP contribution in [-0.4, -0.2) is 12.6 Å². The van der Waals surface area contributed by atoms with Gasteiger partial charge < -0.3 is 46.3 Å². The third kappa shape index (κ3) is 23.0. The molecule has 0 spiro atoms. The van der Waals surface area contributed by atoms with Gasteiger partial charge in [0.2, 0.25) is 0 Å². The van der Waals surface area contributed by atoms with Gasteiger partial charge in [-0.15, -0.1) is 0 Å². The van der Waals surface area contributed by atoms with Crippen molar-refractivity contribution in [3.8, 4) is 0 Å². The standard InChI is InChI=1S/C2H9NO6P2.2H3N.Pt/c4-10(5,6)1-3-2-11(7,8)9;;;/h3H,1-2H2,(H2,4,5,6)(H2,7,8,9);2*1H3;/q;;;+2/p-4. The van der Waals surface area contributed by atoms with E-state index in [0.29, 0.717) is 0 Å². The molecular formula is C2H11N3O6P2Pt-2. The SMILES string of the molecule is N.N.O=P([O-])([O-])CNCP(=O)([O-])[O-].[Pt+2]. The summed E-state index contributed by atoms with van der Waals surface area (Å²) in [6.45, 7) is 0. The van der Waals surface area contributed by atoms with Crippen molar-refractivity contribution < 1.29 is 49.8 Å². The number of nitrogens with one attached hydrogen (secondary N) is 1. The second-order valence-electron chi connectivity index (χ2n) is 1.79. The van der Waals surface area contributed by atoms with Gasteiger partial charge in [0.1, 0.15) is 0 Å². The van der Waals surface area contributed by atoms with Gasteiger partial charge in [-0.25, -0.2) is 0 Å². The maximum absolute atomic E-state index is 9.83. The molecule has 0 aromatic carbocycles. The molecule has 0 saturated heterocycles. The van der Waals surface area contributed by atoms with Crippen LogP contribution in [0.4, 0.5) is 0 Å². The van der Waals surface area contributed by atoms with Crippen LogP contribution in [0.25, 0.3) is 0 Å². The van der Waals surface area contributed by atoms with Gasteiger partial charge >= 0.3 is 21.1 Å². The van der Waals surface area contributed by atoms with Crippen LogP contribution >= 0.6 is 15.2 Å². The maximum Gasteiger partial charge on any atom is 2.00 e. The third-order valence-electron chi connectivity index (χ3n) is 0.611. The molecule has 7 N–H and O–H groups in total. The van der Waals surface area contributed by atoms with Gasteiger partial charge in [-0.3, -0.25) is 0 Å². The first-order chi connectivity index (χ1) is 4.71. The van der Waals surface area contributed by atoms with Crippen LogP contribution in [0.15, 0.2) is 0 Å². The molecule has 92 valence electrons. The Kier molecular flexibility index (Phi) is 15.8. The topological polar surface area (TPSA) is 208 Å². The monoisotopic (exact) mass is 430 g/mol. The van der Waals surface area contributed by atoms with Crippen LogP contribution in [0.5, 0.6) is 0 Å². The Bertz CT molecular complexity index is 191. The average molecular weight is 430 g/mol. The second-order valence-corrected chi connectivity index (χ2v) is 4.86. The van der Waals surface area contributed by atoms with Crippen LogP contribution in [0.3, 0.4) is 0 Å². The Balaban J connectivity index is -0.000000167. The molecule has 0 aromatic heterocycles. The zero-order valence-corrected chi connectivity index (χ0v) is 11.0. The Morgan fingerprint density at radius 2 is 1.07 bits per heavy atom. The molecule has 0 rings (SSSR count). The molecule has 9 nitrogen and oxygen atoms in total. The van der Waals surface area contributed by atoms with Crippen LogP contribution in [0.1, 0.15) is 0 Å². The molecule has 0 aliphatic rings. The van der Waals surface area contributed by atoms with E-state index >= 15 is 0 Å². The van der Waals surface area contributed by atoms with E-state index in [1.54, 1.807) is 5.32 Å². The summed E-state index contributed by atoms with van der Waals surface area (Å²) in [5.41, 5.74) is 0. The van der Waals surface area contributed by atoms with E-state index in [-0.39, 0.29) is 33.4 Å². The van der Waals surface area contributed by atoms with Gasteiger partial charge in [0.25, 0.3) is 0 Å². The van der Waals surface area contributed by atoms with Crippen LogP contribution in [0.2, 0.25) is 0 Å². The minimum absolute atomic E-state index is 0. The minimum Gasteiger partial charge on any atom is -0.810 e. The van der Waals surface area contributed by atoms with Crippen LogP contribution in [0, 0.1) is 0 Å². The number of hydrogen-bond donors (Lipinski definition) is 3. The summed E-state index contributed by atoms with van der Waals surface area (Å²) >= 11 is 0. The van der Waals surface area contributed by atoms with Gasteiger partial charge in [-0.1, -0.05) is 15.2 Å². The summed E-state index contributed by atoms with van der Waals surface area (Å²) in [6, 6.07) is 0. The smallest absolute Gasteiger partial charge is 0.810 e. The summed E-state index contributed by atoms with van der Waals surface area (Å²) in [4.78, 5) is 39.3. The van der Waals surface area contributed by atoms with Crippen LogP contribution < -0.4 is 37.2 Å². The zero-order valence-electron chi connectivity index (χ0n) is 6.99. The van der Waals surface area contributed by atoms with Crippen molar-refractivity contribution >= 4 is 15.2 Å². The van der Waals surface area contributed by atoms with E-state index in [1.807, 2.05) is 0 Å². The van der Waals surface area contributed by atoms with Gasteiger partial charge in [-0.2, -0.15) is 0 Å². The van der Waals surface area contributed by atoms with Gasteiger partial charge in [0, 0.05) is 12.6 Å². The summed E-state index contributed by atoms with van der Waals surface area (Å²) in [5.74, 6) is 0. The van der Waals surface area contributed by atoms with E-state index in [1.165, 1.54) is 0 Å². The molecule has 0 fully saturated rings. The first-order valence-electron chi connectivity index (χ1n) is 2.44. The third-order valence-corrected chi connectivity index (χ3v) is 1.83. The molecule has 0 saturated carbocycles. The fourth-order valence-corrected chi connectivity index (χ4v) is 1.27. The molecule has 0 aromatic rings. The van der Waals surface area contributed by atoms with Crippen molar-refractivity contribution in [2.24, 2.45) is 0 Å². The van der Waals surface area contributed by atoms with Crippen molar-refractivity contribution in [3.63, 3.8) is 0 Å². The molecule has 0 amide bonds. The molecule has 0 bridgehead atoms. The van der Waals surface area contributed by atoms with Crippen molar-refractivity contribution in [2.45, 2.75) is 0 Å². The molecule has 0 atom stereocenters. The first-order valence-corrected chi connectivity index (χ1v) is 5.89. The zero-order chi connectivity index (χ0) is 9.12. The number of rotatable bonds is 4. The predicted molar refractivity (Wildman–Crippen MR) is 38.1 cm³/mol. The summed E-state index contributed by atoms with van der Waals surface area (Å²) in [7, 11) is -9.52. The Hall–Kier alpha value is 0.868. The molecular weight excluding hydrogens is 419 g/mol. The van der Waals surface area contributed by atoms with E-state index in [4.69, 9.17) is 0 Å². The van der Waals surface area contributed by atoms with Gasteiger partial charge in [-0.05, 0) is 0 Å². The van der Waals surface area contributed by atoms with Crippen molar-refractivity contribution in [3.05, 3.63) is 0 Å². The fourth-order valence-electron chi connectivity index (χ4n) is 0.324. The fraction of sp³-hybridized carbons (Fsp3) is 1.00. The Morgan fingerprint density at radius 3 is 1.21 bits per heavy atom. The summed E-state index contributed by atoms with van der Waals surface area (Å²) in [5, 5.41) is 1.69. The van der Waals surface area contributed by atoms with Gasteiger partial charge in [0.05, 0.1) is 0 Å². The van der Waals surface area contributed by atoms with E-state index in [9.17, 15) is 28.7 Å². The molecule has 0 aliphatic carbocycles. The summed E-state index contributed by atoms with van der Waals surface area (Å²) < 4.78 is 19.7. The minimum atomic E-state index is -4.76. The maximum atomic E-state index is 9.83. The van der Waals surface area contributed by atoms with Crippen molar-refractivity contribution in [2.75, 3.05) is 12.6 Å².